The van der Waals surface area contributed by atoms with Crippen molar-refractivity contribution in [3.8, 4) is 5.75 Å². The molecule has 0 saturated carbocycles. The molecule has 1 fully saturated rings. The molecule has 2 heterocycles. The molecule has 0 spiro atoms. The number of hydrogen-bond acceptors (Lipinski definition) is 6. The monoisotopic (exact) mass is 610 g/mol. The van der Waals surface area contributed by atoms with E-state index in [-0.39, 0.29) is 55.7 Å². The molecule has 4 rings (SSSR count). The molecule has 2 aliphatic heterocycles. The van der Waals surface area contributed by atoms with Crippen LogP contribution in [-0.2, 0) is 24.5 Å². The third-order valence-electron chi connectivity index (χ3n) is 8.76. The Bertz CT molecular complexity index is 1330. The zero-order valence-corrected chi connectivity index (χ0v) is 25.7. The number of rotatable bonds is 6. The van der Waals surface area contributed by atoms with Gasteiger partial charge in [0.25, 0.3) is 5.91 Å². The van der Waals surface area contributed by atoms with Crippen molar-refractivity contribution in [2.45, 2.75) is 63.5 Å². The van der Waals surface area contributed by atoms with Gasteiger partial charge in [0, 0.05) is 38.6 Å². The zero-order valence-electron chi connectivity index (χ0n) is 25.7. The van der Waals surface area contributed by atoms with Crippen molar-refractivity contribution in [2.24, 2.45) is 5.92 Å². The second kappa shape index (κ2) is 15.1. The minimum Gasteiger partial charge on any atom is -0.491 e. The Kier molecular flexibility index (Phi) is 11.3. The largest absolute Gasteiger partial charge is 0.491 e. The van der Waals surface area contributed by atoms with E-state index in [1.54, 1.807) is 37.4 Å². The molecule has 2 aromatic carbocycles. The summed E-state index contributed by atoms with van der Waals surface area (Å²) >= 11 is 0. The summed E-state index contributed by atoms with van der Waals surface area (Å²) in [4.78, 5) is 55.1. The molecule has 11 heteroatoms. The van der Waals surface area contributed by atoms with Crippen LogP contribution in [0.3, 0.4) is 0 Å². The van der Waals surface area contributed by atoms with Crippen LogP contribution >= 0.6 is 0 Å². The summed E-state index contributed by atoms with van der Waals surface area (Å²) < 4.78 is 25.7. The topological polar surface area (TPSA) is 126 Å². The number of nitrogens with one attached hydrogen (secondary N) is 3. The Morgan fingerprint density at radius 1 is 1.09 bits per heavy atom. The SMILES string of the molecule is CC[C@H](C)[C@@H]1NC(=O)CC[C@@H](C(=O)NCC2(c3cccc(F)c3)CCOCC2)NC(=O)c2ccccc2OCCN(C)C1=O. The number of ether oxygens (including phenoxy) is 2. The Hall–Kier alpha value is -3.99. The second-order valence-corrected chi connectivity index (χ2v) is 11.7. The first-order valence-electron chi connectivity index (χ1n) is 15.3. The fourth-order valence-corrected chi connectivity index (χ4v) is 5.66. The van der Waals surface area contributed by atoms with Gasteiger partial charge in [-0.25, -0.2) is 4.39 Å². The van der Waals surface area contributed by atoms with Crippen molar-refractivity contribution >= 4 is 23.6 Å². The lowest BCUT2D eigenvalue weighted by atomic mass is 9.74. The maximum Gasteiger partial charge on any atom is 0.255 e. The van der Waals surface area contributed by atoms with Crippen molar-refractivity contribution in [2.75, 3.05) is 40.0 Å². The summed E-state index contributed by atoms with van der Waals surface area (Å²) in [5.41, 5.74) is 0.452. The van der Waals surface area contributed by atoms with E-state index in [9.17, 15) is 23.6 Å². The molecule has 0 aromatic heterocycles. The predicted octanol–water partition coefficient (Wildman–Crippen LogP) is 2.95. The number of para-hydroxylation sites is 1. The van der Waals surface area contributed by atoms with E-state index in [4.69, 9.17) is 9.47 Å². The maximum absolute atomic E-state index is 14.2. The van der Waals surface area contributed by atoms with Crippen molar-refractivity contribution in [3.63, 3.8) is 0 Å². The number of amides is 4. The van der Waals surface area contributed by atoms with Gasteiger partial charge in [-0.2, -0.15) is 0 Å². The number of carbonyl (C=O) groups is 4. The number of carbonyl (C=O) groups excluding carboxylic acids is 4. The summed E-state index contributed by atoms with van der Waals surface area (Å²) in [6.07, 6.45) is 1.75. The molecule has 3 N–H and O–H groups in total. The Morgan fingerprint density at radius 2 is 1.84 bits per heavy atom. The van der Waals surface area contributed by atoms with Crippen LogP contribution in [0.5, 0.6) is 5.75 Å². The number of nitrogens with zero attached hydrogens (tertiary/aromatic N) is 1. The van der Waals surface area contributed by atoms with Crippen LogP contribution in [-0.4, -0.2) is 80.6 Å². The zero-order chi connectivity index (χ0) is 31.7. The molecule has 4 amide bonds. The smallest absolute Gasteiger partial charge is 0.255 e. The maximum atomic E-state index is 14.2. The molecule has 10 nitrogen and oxygen atoms in total. The van der Waals surface area contributed by atoms with Gasteiger partial charge in [-0.15, -0.1) is 0 Å². The summed E-state index contributed by atoms with van der Waals surface area (Å²) in [5.74, 6) is -1.78. The third kappa shape index (κ3) is 8.13. The van der Waals surface area contributed by atoms with E-state index in [0.29, 0.717) is 38.2 Å². The first kappa shape index (κ1) is 32.9. The molecule has 2 aliphatic rings. The Labute approximate surface area is 258 Å². The lowest BCUT2D eigenvalue weighted by Gasteiger charge is -2.38. The highest BCUT2D eigenvalue weighted by molar-refractivity contribution is 6.00. The number of hydrogen-bond donors (Lipinski definition) is 3. The van der Waals surface area contributed by atoms with Crippen molar-refractivity contribution in [1.82, 2.24) is 20.9 Å². The summed E-state index contributed by atoms with van der Waals surface area (Å²) in [6.45, 7) is 5.37. The lowest BCUT2D eigenvalue weighted by Crippen LogP contribution is -2.53. The van der Waals surface area contributed by atoms with E-state index in [1.807, 2.05) is 19.9 Å². The average Bonchev–Trinajstić information content (AvgIpc) is 3.04. The Balaban J connectivity index is 1.58. The van der Waals surface area contributed by atoms with Crippen LogP contribution in [0.4, 0.5) is 4.39 Å². The summed E-state index contributed by atoms with van der Waals surface area (Å²) in [5, 5.41) is 8.64. The van der Waals surface area contributed by atoms with Gasteiger partial charge in [-0.1, -0.05) is 44.5 Å². The molecule has 0 unspecified atom stereocenters. The first-order valence-corrected chi connectivity index (χ1v) is 15.3. The van der Waals surface area contributed by atoms with Crippen molar-refractivity contribution < 1.29 is 33.0 Å². The molecule has 2 aromatic rings. The summed E-state index contributed by atoms with van der Waals surface area (Å²) in [6, 6.07) is 11.2. The fourth-order valence-electron chi connectivity index (χ4n) is 5.66. The molecule has 0 radical (unpaired) electrons. The van der Waals surface area contributed by atoms with Crippen molar-refractivity contribution in [1.29, 1.82) is 0 Å². The van der Waals surface area contributed by atoms with Crippen LogP contribution < -0.4 is 20.7 Å². The molecule has 44 heavy (non-hydrogen) atoms. The van der Waals surface area contributed by atoms with Gasteiger partial charge in [-0.3, -0.25) is 19.2 Å². The number of fused-ring (bicyclic) bond motifs is 1. The molecule has 3 atom stereocenters. The van der Waals surface area contributed by atoms with Crippen LogP contribution in [0.25, 0.3) is 0 Å². The fraction of sp³-hybridized carbons (Fsp3) is 0.515. The highest BCUT2D eigenvalue weighted by Gasteiger charge is 2.36. The van der Waals surface area contributed by atoms with Gasteiger partial charge >= 0.3 is 0 Å². The standard InChI is InChI=1S/C33H43FN4O6/c1-4-22(2)29-32(42)38(3)16-19-44-27-11-6-5-10-25(27)30(40)36-26(12-13-28(39)37-29)31(41)35-21-33(14-17-43-18-15-33)23-8-7-9-24(34)20-23/h5-11,20,22,26,29H,4,12-19,21H2,1-3H3,(H,35,41)(H,36,40)(H,37,39)/t22-,26-,29-/m0/s1. The van der Waals surface area contributed by atoms with Crippen LogP contribution in [0.2, 0.25) is 0 Å². The highest BCUT2D eigenvalue weighted by atomic mass is 19.1. The van der Waals surface area contributed by atoms with Crippen molar-refractivity contribution in [3.05, 3.63) is 65.5 Å². The summed E-state index contributed by atoms with van der Waals surface area (Å²) in [7, 11) is 1.65. The first-order chi connectivity index (χ1) is 21.1. The van der Waals surface area contributed by atoms with E-state index in [1.165, 1.54) is 17.0 Å². The molecular formula is C33H43FN4O6. The van der Waals surface area contributed by atoms with Crippen LogP contribution in [0.15, 0.2) is 48.5 Å². The van der Waals surface area contributed by atoms with Gasteiger partial charge in [0.1, 0.15) is 30.3 Å². The third-order valence-corrected chi connectivity index (χ3v) is 8.76. The van der Waals surface area contributed by atoms with Gasteiger partial charge in [-0.05, 0) is 55.0 Å². The predicted molar refractivity (Wildman–Crippen MR) is 163 cm³/mol. The minimum atomic E-state index is -1.06. The number of benzene rings is 2. The van der Waals surface area contributed by atoms with Gasteiger partial charge in [0.05, 0.1) is 12.1 Å². The molecule has 238 valence electrons. The normalized spacial score (nSPS) is 22.3. The van der Waals surface area contributed by atoms with E-state index < -0.39 is 35.2 Å². The highest BCUT2D eigenvalue weighted by Crippen LogP contribution is 2.34. The molecule has 0 bridgehead atoms. The van der Waals surface area contributed by atoms with E-state index in [0.717, 1.165) is 5.56 Å². The van der Waals surface area contributed by atoms with Gasteiger partial charge in [0.15, 0.2) is 0 Å². The van der Waals surface area contributed by atoms with Crippen LogP contribution in [0, 0.1) is 11.7 Å². The number of likely N-dealkylation sites (N-methyl/N-ethyl adjacent to an activating group) is 1. The second-order valence-electron chi connectivity index (χ2n) is 11.7. The lowest BCUT2D eigenvalue weighted by molar-refractivity contribution is -0.137. The van der Waals surface area contributed by atoms with Crippen LogP contribution in [0.1, 0.15) is 61.9 Å². The average molecular weight is 611 g/mol. The molecule has 0 aliphatic carbocycles. The van der Waals surface area contributed by atoms with Gasteiger partial charge < -0.3 is 30.3 Å². The molecule has 1 saturated heterocycles. The number of halogens is 1. The molecular weight excluding hydrogens is 567 g/mol. The van der Waals surface area contributed by atoms with E-state index in [2.05, 4.69) is 16.0 Å². The Morgan fingerprint density at radius 3 is 2.57 bits per heavy atom. The minimum absolute atomic E-state index is 0.000235. The van der Waals surface area contributed by atoms with E-state index >= 15 is 0 Å². The van der Waals surface area contributed by atoms with Gasteiger partial charge in [0.2, 0.25) is 17.7 Å². The quantitative estimate of drug-likeness (QED) is 0.462.